The lowest BCUT2D eigenvalue weighted by Crippen LogP contribution is -2.22. The fourth-order valence-corrected chi connectivity index (χ4v) is 2.29. The predicted molar refractivity (Wildman–Crippen MR) is 65.7 cm³/mol. The molecule has 0 aromatic carbocycles. The van der Waals surface area contributed by atoms with Crippen molar-refractivity contribution in [3.63, 3.8) is 0 Å². The zero-order valence-electron chi connectivity index (χ0n) is 10.2. The molecule has 2 N–H and O–H groups in total. The number of aryl methyl sites for hydroxylation is 2. The van der Waals surface area contributed by atoms with E-state index in [0.29, 0.717) is 6.54 Å². The Kier molecular flexibility index (Phi) is 3.39. The van der Waals surface area contributed by atoms with Crippen molar-refractivity contribution in [2.45, 2.75) is 33.1 Å². The van der Waals surface area contributed by atoms with Crippen molar-refractivity contribution in [3.8, 4) is 0 Å². The van der Waals surface area contributed by atoms with Crippen LogP contribution in [0.15, 0.2) is 0 Å². The summed E-state index contributed by atoms with van der Waals surface area (Å²) in [5.41, 5.74) is 8.97. The SMILES string of the molecule is Cc1nc(N2CCCC2)nc(C)c1CCN. The Balaban J connectivity index is 2.28. The standard InChI is InChI=1S/C12H20N4/c1-9-11(5-6-13)10(2)15-12(14-9)16-7-3-4-8-16/h3-8,13H2,1-2H3. The Labute approximate surface area is 96.9 Å². The first-order valence-corrected chi connectivity index (χ1v) is 6.01. The Hall–Kier alpha value is -1.16. The highest BCUT2D eigenvalue weighted by atomic mass is 15.3. The smallest absolute Gasteiger partial charge is 0.225 e. The van der Waals surface area contributed by atoms with Gasteiger partial charge in [-0.25, -0.2) is 9.97 Å². The third-order valence-corrected chi connectivity index (χ3v) is 3.19. The van der Waals surface area contributed by atoms with Gasteiger partial charge >= 0.3 is 0 Å². The molecule has 1 aliphatic rings. The van der Waals surface area contributed by atoms with E-state index in [4.69, 9.17) is 5.73 Å². The molecule has 88 valence electrons. The first-order valence-electron chi connectivity index (χ1n) is 6.01. The highest BCUT2D eigenvalue weighted by Gasteiger charge is 2.17. The van der Waals surface area contributed by atoms with Gasteiger partial charge in [0.2, 0.25) is 5.95 Å². The van der Waals surface area contributed by atoms with E-state index in [-0.39, 0.29) is 0 Å². The highest BCUT2D eigenvalue weighted by molar-refractivity contribution is 5.37. The van der Waals surface area contributed by atoms with Gasteiger partial charge in [-0.3, -0.25) is 0 Å². The molecule has 1 aromatic rings. The monoisotopic (exact) mass is 220 g/mol. The van der Waals surface area contributed by atoms with Gasteiger partial charge in [0.25, 0.3) is 0 Å². The quantitative estimate of drug-likeness (QED) is 0.831. The minimum Gasteiger partial charge on any atom is -0.341 e. The largest absolute Gasteiger partial charge is 0.341 e. The van der Waals surface area contributed by atoms with Gasteiger partial charge in [0.05, 0.1) is 0 Å². The molecular weight excluding hydrogens is 200 g/mol. The lowest BCUT2D eigenvalue weighted by atomic mass is 10.1. The Bertz CT molecular complexity index is 346. The summed E-state index contributed by atoms with van der Waals surface area (Å²) in [7, 11) is 0. The molecule has 0 spiro atoms. The number of hydrogen-bond acceptors (Lipinski definition) is 4. The first kappa shape index (κ1) is 11.3. The summed E-state index contributed by atoms with van der Waals surface area (Å²) in [4.78, 5) is 11.5. The van der Waals surface area contributed by atoms with Gasteiger partial charge in [0.1, 0.15) is 0 Å². The predicted octanol–water partition coefficient (Wildman–Crippen LogP) is 1.19. The van der Waals surface area contributed by atoms with Gasteiger partial charge < -0.3 is 10.6 Å². The lowest BCUT2D eigenvalue weighted by Gasteiger charge is -2.18. The number of nitrogens with zero attached hydrogens (tertiary/aromatic N) is 3. The summed E-state index contributed by atoms with van der Waals surface area (Å²) in [5.74, 6) is 0.897. The summed E-state index contributed by atoms with van der Waals surface area (Å²) in [6.45, 7) is 6.96. The fourth-order valence-electron chi connectivity index (χ4n) is 2.29. The number of rotatable bonds is 3. The summed E-state index contributed by atoms with van der Waals surface area (Å²) in [6, 6.07) is 0. The molecule has 1 fully saturated rings. The van der Waals surface area contributed by atoms with Crippen molar-refractivity contribution < 1.29 is 0 Å². The zero-order valence-corrected chi connectivity index (χ0v) is 10.2. The topological polar surface area (TPSA) is 55.0 Å². The van der Waals surface area contributed by atoms with Crippen LogP contribution < -0.4 is 10.6 Å². The Morgan fingerprint density at radius 3 is 2.19 bits per heavy atom. The van der Waals surface area contributed by atoms with Crippen LogP contribution in [-0.4, -0.2) is 29.6 Å². The molecule has 2 heterocycles. The Morgan fingerprint density at radius 2 is 1.69 bits per heavy atom. The summed E-state index contributed by atoms with van der Waals surface area (Å²) in [6.07, 6.45) is 3.38. The van der Waals surface area contributed by atoms with E-state index in [1.807, 2.05) is 0 Å². The second-order valence-electron chi connectivity index (χ2n) is 4.41. The lowest BCUT2D eigenvalue weighted by molar-refractivity contribution is 0.844. The van der Waals surface area contributed by atoms with Crippen molar-refractivity contribution in [1.82, 2.24) is 9.97 Å². The molecule has 0 atom stereocenters. The van der Waals surface area contributed by atoms with Crippen LogP contribution in [0.4, 0.5) is 5.95 Å². The molecule has 0 amide bonds. The molecule has 1 aromatic heterocycles. The van der Waals surface area contributed by atoms with E-state index in [0.717, 1.165) is 36.8 Å². The van der Waals surface area contributed by atoms with Gasteiger partial charge in [-0.05, 0) is 45.2 Å². The molecule has 1 aliphatic heterocycles. The fraction of sp³-hybridized carbons (Fsp3) is 0.667. The molecule has 0 saturated carbocycles. The Morgan fingerprint density at radius 1 is 1.12 bits per heavy atom. The van der Waals surface area contributed by atoms with Crippen molar-refractivity contribution >= 4 is 5.95 Å². The number of anilines is 1. The molecule has 4 heteroatoms. The van der Waals surface area contributed by atoms with Crippen LogP contribution in [0, 0.1) is 13.8 Å². The van der Waals surface area contributed by atoms with Crippen LogP contribution >= 0.6 is 0 Å². The third kappa shape index (κ3) is 2.16. The van der Waals surface area contributed by atoms with E-state index in [1.165, 1.54) is 18.4 Å². The van der Waals surface area contributed by atoms with Gasteiger partial charge in [-0.15, -0.1) is 0 Å². The van der Waals surface area contributed by atoms with Crippen molar-refractivity contribution in [3.05, 3.63) is 17.0 Å². The molecule has 0 radical (unpaired) electrons. The number of hydrogen-bond donors (Lipinski definition) is 1. The minimum atomic E-state index is 0.661. The number of aromatic nitrogens is 2. The number of nitrogens with two attached hydrogens (primary N) is 1. The van der Waals surface area contributed by atoms with Gasteiger partial charge in [-0.2, -0.15) is 0 Å². The highest BCUT2D eigenvalue weighted by Crippen LogP contribution is 2.19. The molecule has 0 bridgehead atoms. The van der Waals surface area contributed by atoms with E-state index < -0.39 is 0 Å². The summed E-state index contributed by atoms with van der Waals surface area (Å²) in [5, 5.41) is 0. The first-order chi connectivity index (χ1) is 7.72. The molecule has 0 aliphatic carbocycles. The second-order valence-corrected chi connectivity index (χ2v) is 4.41. The van der Waals surface area contributed by atoms with Crippen LogP contribution in [0.1, 0.15) is 29.8 Å². The molecule has 16 heavy (non-hydrogen) atoms. The van der Waals surface area contributed by atoms with Crippen molar-refractivity contribution in [1.29, 1.82) is 0 Å². The van der Waals surface area contributed by atoms with E-state index in [1.54, 1.807) is 0 Å². The molecule has 0 unspecified atom stereocenters. The molecular formula is C12H20N4. The van der Waals surface area contributed by atoms with Crippen LogP contribution in [0.3, 0.4) is 0 Å². The average molecular weight is 220 g/mol. The van der Waals surface area contributed by atoms with E-state index in [9.17, 15) is 0 Å². The van der Waals surface area contributed by atoms with Crippen LogP contribution in [0.5, 0.6) is 0 Å². The van der Waals surface area contributed by atoms with Crippen LogP contribution in [0.2, 0.25) is 0 Å². The average Bonchev–Trinajstić information content (AvgIpc) is 2.76. The van der Waals surface area contributed by atoms with Gasteiger partial charge in [0.15, 0.2) is 0 Å². The van der Waals surface area contributed by atoms with Gasteiger partial charge in [0, 0.05) is 24.5 Å². The molecule has 1 saturated heterocycles. The van der Waals surface area contributed by atoms with E-state index in [2.05, 4.69) is 28.7 Å². The molecule has 2 rings (SSSR count). The maximum absolute atomic E-state index is 5.59. The summed E-state index contributed by atoms with van der Waals surface area (Å²) >= 11 is 0. The minimum absolute atomic E-state index is 0.661. The van der Waals surface area contributed by atoms with Crippen LogP contribution in [-0.2, 0) is 6.42 Å². The summed E-state index contributed by atoms with van der Waals surface area (Å²) < 4.78 is 0. The van der Waals surface area contributed by atoms with Gasteiger partial charge in [-0.1, -0.05) is 0 Å². The maximum Gasteiger partial charge on any atom is 0.225 e. The second kappa shape index (κ2) is 4.78. The van der Waals surface area contributed by atoms with Crippen LogP contribution in [0.25, 0.3) is 0 Å². The zero-order chi connectivity index (χ0) is 11.5. The molecule has 4 nitrogen and oxygen atoms in total. The van der Waals surface area contributed by atoms with E-state index >= 15 is 0 Å². The maximum atomic E-state index is 5.59. The van der Waals surface area contributed by atoms with Crippen molar-refractivity contribution in [2.75, 3.05) is 24.5 Å². The third-order valence-electron chi connectivity index (χ3n) is 3.19. The van der Waals surface area contributed by atoms with Crippen molar-refractivity contribution in [2.24, 2.45) is 5.73 Å². The normalized spacial score (nSPS) is 15.8.